The Kier molecular flexibility index (Phi) is 14.9. The summed E-state index contributed by atoms with van der Waals surface area (Å²) < 4.78 is 39.9. The van der Waals surface area contributed by atoms with E-state index in [-0.39, 0.29) is 10.8 Å². The quantitative estimate of drug-likeness (QED) is 0.120. The lowest BCUT2D eigenvalue weighted by Gasteiger charge is -2.48. The van der Waals surface area contributed by atoms with E-state index in [4.69, 9.17) is 28.4 Å². The van der Waals surface area contributed by atoms with Gasteiger partial charge in [-0.05, 0) is 216 Å². The van der Waals surface area contributed by atoms with Crippen LogP contribution in [-0.4, -0.2) is 43.6 Å². The first-order chi connectivity index (χ1) is 48.7. The molecule has 4 fully saturated rings. The van der Waals surface area contributed by atoms with Gasteiger partial charge in [-0.3, -0.25) is 0 Å². The number of ether oxygens (including phenoxy) is 6. The standard InChI is InChI=1S/C92H94O6Si2/c1-93-65-31-23-61(24-32-65)91(49-43-75-83-81(71-41-35-67(95-3)59-77(71)85(75)97-91)73-19-11-13-21-79(73)89(83)55-51-87(52-56-89)45-15-9-16-46-87)63-27-37-69(38-28-63)99(5,6)100(7,8)70-39-29-64(30-40-70)92(62-25-33-66(94-2)34-26-62)50-44-76-84-82(72-42-36-68(96-4)60-78(72)86(76)98-92)74-20-12-14-22-80(74)90(84)57-53-88(54-58-90)47-17-10-18-48-88/h11-14,19-44,49-50,59-60H,9-10,15-18,45-48,51-58H2,1-8H3. The fourth-order valence-electron chi connectivity index (χ4n) is 21.2. The molecule has 0 saturated heterocycles. The van der Waals surface area contributed by atoms with Crippen molar-refractivity contribution in [3.8, 4) is 56.8 Å². The molecule has 2 unspecified atom stereocenters. The minimum atomic E-state index is -2.25. The van der Waals surface area contributed by atoms with Gasteiger partial charge in [-0.1, -0.05) is 209 Å². The van der Waals surface area contributed by atoms with Gasteiger partial charge < -0.3 is 28.4 Å². The lowest BCUT2D eigenvalue weighted by atomic mass is 9.56. The molecule has 100 heavy (non-hydrogen) atoms. The number of methoxy groups -OCH3 is 4. The van der Waals surface area contributed by atoms with Crippen LogP contribution in [0.15, 0.2) is 194 Å². The highest BCUT2D eigenvalue weighted by Crippen LogP contribution is 2.68. The van der Waals surface area contributed by atoms with Crippen molar-refractivity contribution in [1.29, 1.82) is 0 Å². The highest BCUT2D eigenvalue weighted by molar-refractivity contribution is 7.50. The molecular weight excluding hydrogens is 1260 g/mol. The van der Waals surface area contributed by atoms with Crippen LogP contribution in [0.1, 0.15) is 171 Å². The van der Waals surface area contributed by atoms with Gasteiger partial charge in [-0.25, -0.2) is 0 Å². The van der Waals surface area contributed by atoms with Crippen LogP contribution in [-0.2, 0) is 22.0 Å². The molecule has 10 aromatic carbocycles. The smallest absolute Gasteiger partial charge is 0.178 e. The number of benzene rings is 10. The van der Waals surface area contributed by atoms with Gasteiger partial charge in [0.1, 0.15) is 34.5 Å². The van der Waals surface area contributed by atoms with Crippen LogP contribution in [0.3, 0.4) is 0 Å². The molecule has 0 N–H and O–H groups in total. The van der Waals surface area contributed by atoms with Crippen molar-refractivity contribution in [3.05, 3.63) is 250 Å². The zero-order valence-corrected chi connectivity index (χ0v) is 61.8. The van der Waals surface area contributed by atoms with Gasteiger partial charge >= 0.3 is 0 Å². The Morgan fingerprint density at radius 3 is 1.01 bits per heavy atom. The third-order valence-electron chi connectivity index (χ3n) is 27.7. The monoisotopic (exact) mass is 1350 g/mol. The molecule has 0 amide bonds. The first kappa shape index (κ1) is 63.6. The molecule has 4 spiro atoms. The van der Waals surface area contributed by atoms with Gasteiger partial charge in [0.25, 0.3) is 0 Å². The van der Waals surface area contributed by atoms with Crippen LogP contribution < -0.4 is 38.8 Å². The fourth-order valence-corrected chi connectivity index (χ4v) is 30.0. The van der Waals surface area contributed by atoms with E-state index >= 15 is 0 Å². The maximum atomic E-state index is 8.06. The zero-order valence-electron chi connectivity index (χ0n) is 59.8. The molecule has 4 saturated carbocycles. The maximum absolute atomic E-state index is 8.06. The second kappa shape index (κ2) is 23.5. The summed E-state index contributed by atoms with van der Waals surface area (Å²) in [6.07, 6.45) is 33.1. The van der Waals surface area contributed by atoms with Crippen LogP contribution in [0.4, 0.5) is 0 Å². The SMILES string of the molecule is COc1ccc(C2(c3ccc([Si](C)(C)[Si](C)(C)c4ccc(C5(c6ccc(OC)cc6)C=Cc6c7c(c8ccc(OC)cc8c6O5)-c5ccccc5C75CCC6(CCCCC6)CC5)cc4)cc3)C=Cc3c4c(c5ccc(OC)cc5c3O2)-c2ccccc2C42CCC3(CCCCC3)CC2)cc1. The number of rotatable bonds is 11. The van der Waals surface area contributed by atoms with Gasteiger partial charge in [0, 0.05) is 55.0 Å². The largest absolute Gasteiger partial charge is 0.497 e. The molecule has 8 heteroatoms. The first-order valence-corrected chi connectivity index (χ1v) is 44.5. The average molecular weight is 1350 g/mol. The van der Waals surface area contributed by atoms with E-state index in [2.05, 4.69) is 232 Å². The van der Waals surface area contributed by atoms with E-state index in [0.717, 1.165) is 93.2 Å². The van der Waals surface area contributed by atoms with Gasteiger partial charge in [0.15, 0.2) is 11.2 Å². The van der Waals surface area contributed by atoms with Crippen molar-refractivity contribution in [2.75, 3.05) is 28.4 Å². The van der Waals surface area contributed by atoms with E-state index in [9.17, 15) is 0 Å². The van der Waals surface area contributed by atoms with Crippen molar-refractivity contribution in [2.45, 2.75) is 164 Å². The van der Waals surface area contributed by atoms with Crippen molar-refractivity contribution >= 4 is 59.3 Å². The summed E-state index contributed by atoms with van der Waals surface area (Å²) in [5, 5.41) is 7.50. The van der Waals surface area contributed by atoms with Crippen LogP contribution in [0.2, 0.25) is 26.2 Å². The molecule has 6 aliphatic carbocycles. The zero-order chi connectivity index (χ0) is 68.0. The number of fused-ring (bicyclic) bond motifs is 20. The Bertz CT molecular complexity index is 4640. The number of hydrogen-bond donors (Lipinski definition) is 0. The predicted molar refractivity (Wildman–Crippen MR) is 415 cm³/mol. The van der Waals surface area contributed by atoms with Crippen molar-refractivity contribution in [1.82, 2.24) is 0 Å². The van der Waals surface area contributed by atoms with E-state index in [0.29, 0.717) is 10.8 Å². The normalized spacial score (nSPS) is 21.6. The molecule has 8 aliphatic rings. The molecule has 2 atom stereocenters. The Balaban J connectivity index is 0.717. The van der Waals surface area contributed by atoms with Gasteiger partial charge in [0.2, 0.25) is 0 Å². The van der Waals surface area contributed by atoms with Gasteiger partial charge in [-0.2, -0.15) is 0 Å². The third kappa shape index (κ3) is 9.29. The van der Waals surface area contributed by atoms with Crippen LogP contribution in [0.25, 0.3) is 56.0 Å². The summed E-state index contributed by atoms with van der Waals surface area (Å²) in [6, 6.07) is 68.6. The molecular formula is C92H94O6Si2. The van der Waals surface area contributed by atoms with Crippen LogP contribution in [0.5, 0.6) is 34.5 Å². The highest BCUT2D eigenvalue weighted by Gasteiger charge is 2.55. The Labute approximate surface area is 593 Å². The second-order valence-corrected chi connectivity index (χ2v) is 47.5. The van der Waals surface area contributed by atoms with Crippen molar-refractivity contribution in [3.63, 3.8) is 0 Å². The van der Waals surface area contributed by atoms with Gasteiger partial charge in [0.05, 0.1) is 43.6 Å². The summed E-state index contributed by atoms with van der Waals surface area (Å²) in [5.74, 6) is 5.14. The molecule has 506 valence electrons. The molecule has 0 aromatic heterocycles. The summed E-state index contributed by atoms with van der Waals surface area (Å²) in [6.45, 7) is 10.4. The predicted octanol–water partition coefficient (Wildman–Crippen LogP) is 21.9. The fraction of sp³-hybridized carbons (Fsp3) is 0.348. The molecule has 2 heterocycles. The molecule has 10 aromatic rings. The Morgan fingerprint density at radius 1 is 0.330 bits per heavy atom. The van der Waals surface area contributed by atoms with Crippen molar-refractivity contribution in [2.24, 2.45) is 10.8 Å². The van der Waals surface area contributed by atoms with E-state index in [1.54, 1.807) is 28.4 Å². The minimum Gasteiger partial charge on any atom is -0.497 e. The Morgan fingerprint density at radius 2 is 0.660 bits per heavy atom. The van der Waals surface area contributed by atoms with Crippen LogP contribution in [0, 0.1) is 10.8 Å². The lowest BCUT2D eigenvalue weighted by molar-refractivity contribution is 0.0947. The van der Waals surface area contributed by atoms with E-state index < -0.39 is 26.4 Å². The Hall–Kier alpha value is -8.57. The summed E-state index contributed by atoms with van der Waals surface area (Å²) in [4.78, 5) is 0. The van der Waals surface area contributed by atoms with Crippen molar-refractivity contribution < 1.29 is 28.4 Å². The molecule has 2 aliphatic heterocycles. The summed E-state index contributed by atoms with van der Waals surface area (Å²) in [5.41, 5.74) is 17.0. The minimum absolute atomic E-state index is 0.101. The molecule has 0 radical (unpaired) electrons. The van der Waals surface area contributed by atoms with E-state index in [1.165, 1.54) is 167 Å². The van der Waals surface area contributed by atoms with E-state index in [1.807, 2.05) is 0 Å². The maximum Gasteiger partial charge on any atom is 0.178 e. The first-order valence-electron chi connectivity index (χ1n) is 37.5. The van der Waals surface area contributed by atoms with Crippen LogP contribution >= 0.6 is 0 Å². The average Bonchev–Trinajstić information content (AvgIpc) is 1.49. The topological polar surface area (TPSA) is 55.4 Å². The third-order valence-corrected chi connectivity index (χ3v) is 45.5. The summed E-state index contributed by atoms with van der Waals surface area (Å²) in [7, 11) is 2.55. The number of hydrogen-bond acceptors (Lipinski definition) is 6. The second-order valence-electron chi connectivity index (χ2n) is 32.4. The molecule has 6 nitrogen and oxygen atoms in total. The summed E-state index contributed by atoms with van der Waals surface area (Å²) >= 11 is 0. The molecule has 18 rings (SSSR count). The lowest BCUT2D eigenvalue weighted by Crippen LogP contribution is -2.69. The molecule has 0 bridgehead atoms. The highest BCUT2D eigenvalue weighted by atomic mass is 29.3. The van der Waals surface area contributed by atoms with Gasteiger partial charge in [-0.15, -0.1) is 0 Å².